The minimum atomic E-state index is -0.790. The second-order valence-corrected chi connectivity index (χ2v) is 6.08. The standard InChI is InChI=1S/C14H26N2O3/c1-4-5-14(13(18)19)6-7-16(9-14)12(17)11(15)8-10(2)3/h10-11H,4-9,15H2,1-3H3,(H,18,19)/t11-,14?/m0/s1. The molecule has 1 aliphatic rings. The number of carbonyl (C=O) groups is 2. The van der Waals surface area contributed by atoms with Crippen LogP contribution >= 0.6 is 0 Å². The fraction of sp³-hybridized carbons (Fsp3) is 0.857. The van der Waals surface area contributed by atoms with E-state index in [4.69, 9.17) is 5.73 Å². The smallest absolute Gasteiger partial charge is 0.311 e. The van der Waals surface area contributed by atoms with Crippen LogP contribution in [-0.2, 0) is 9.59 Å². The van der Waals surface area contributed by atoms with E-state index in [2.05, 4.69) is 0 Å². The maximum atomic E-state index is 12.2. The van der Waals surface area contributed by atoms with Gasteiger partial charge in [-0.05, 0) is 25.2 Å². The average Bonchev–Trinajstić information content (AvgIpc) is 2.73. The van der Waals surface area contributed by atoms with Crippen LogP contribution < -0.4 is 5.73 Å². The first kappa shape index (κ1) is 16.0. The van der Waals surface area contributed by atoms with Gasteiger partial charge in [0.15, 0.2) is 0 Å². The van der Waals surface area contributed by atoms with Gasteiger partial charge in [0, 0.05) is 13.1 Å². The quantitative estimate of drug-likeness (QED) is 0.765. The minimum Gasteiger partial charge on any atom is -0.481 e. The molecule has 1 amide bonds. The Kier molecular flexibility index (Phi) is 5.35. The van der Waals surface area contributed by atoms with Crippen LogP contribution in [0.2, 0.25) is 0 Å². The molecule has 5 nitrogen and oxygen atoms in total. The van der Waals surface area contributed by atoms with E-state index in [-0.39, 0.29) is 5.91 Å². The van der Waals surface area contributed by atoms with Crippen molar-refractivity contribution in [1.82, 2.24) is 4.90 Å². The summed E-state index contributed by atoms with van der Waals surface area (Å²) in [6, 6.07) is -0.508. The molecule has 0 spiro atoms. The molecule has 1 fully saturated rings. The van der Waals surface area contributed by atoms with Crippen molar-refractivity contribution in [1.29, 1.82) is 0 Å². The lowest BCUT2D eigenvalue weighted by Crippen LogP contribution is -2.45. The summed E-state index contributed by atoms with van der Waals surface area (Å²) in [5, 5.41) is 9.41. The van der Waals surface area contributed by atoms with Crippen LogP contribution in [0.4, 0.5) is 0 Å². The van der Waals surface area contributed by atoms with E-state index < -0.39 is 17.4 Å². The van der Waals surface area contributed by atoms with Gasteiger partial charge in [0.1, 0.15) is 0 Å². The molecule has 0 saturated carbocycles. The van der Waals surface area contributed by atoms with Gasteiger partial charge in [0.05, 0.1) is 11.5 Å². The van der Waals surface area contributed by atoms with Crippen LogP contribution in [0, 0.1) is 11.3 Å². The highest BCUT2D eigenvalue weighted by molar-refractivity contribution is 5.84. The number of carboxylic acids is 1. The monoisotopic (exact) mass is 270 g/mol. The van der Waals surface area contributed by atoms with Gasteiger partial charge in [0.25, 0.3) is 0 Å². The molecule has 5 heteroatoms. The highest BCUT2D eigenvalue weighted by atomic mass is 16.4. The molecule has 3 N–H and O–H groups in total. The topological polar surface area (TPSA) is 83.6 Å². The molecule has 19 heavy (non-hydrogen) atoms. The van der Waals surface area contributed by atoms with Gasteiger partial charge in [-0.25, -0.2) is 0 Å². The first-order chi connectivity index (χ1) is 8.82. The Balaban J connectivity index is 2.68. The lowest BCUT2D eigenvalue weighted by atomic mass is 9.83. The molecule has 1 rings (SSSR count). The van der Waals surface area contributed by atoms with Crippen molar-refractivity contribution in [2.24, 2.45) is 17.1 Å². The molecule has 0 aliphatic carbocycles. The zero-order valence-electron chi connectivity index (χ0n) is 12.2. The summed E-state index contributed by atoms with van der Waals surface area (Å²) in [6.45, 7) is 6.84. The summed E-state index contributed by atoms with van der Waals surface area (Å²) >= 11 is 0. The molecule has 0 aromatic carbocycles. The maximum absolute atomic E-state index is 12.2. The molecule has 0 aromatic heterocycles. The summed E-state index contributed by atoms with van der Waals surface area (Å²) < 4.78 is 0. The van der Waals surface area contributed by atoms with Crippen LogP contribution in [-0.4, -0.2) is 41.0 Å². The molecule has 1 aliphatic heterocycles. The summed E-state index contributed by atoms with van der Waals surface area (Å²) in [5.41, 5.74) is 5.14. The molecule has 110 valence electrons. The Morgan fingerprint density at radius 3 is 2.53 bits per heavy atom. The van der Waals surface area contributed by atoms with Gasteiger partial charge >= 0.3 is 5.97 Å². The highest BCUT2D eigenvalue weighted by Gasteiger charge is 2.45. The molecule has 1 saturated heterocycles. The third-order valence-corrected chi connectivity index (χ3v) is 3.89. The molecule has 0 radical (unpaired) electrons. The third kappa shape index (κ3) is 3.69. The van der Waals surface area contributed by atoms with E-state index in [1.165, 1.54) is 0 Å². The van der Waals surface area contributed by atoms with Gasteiger partial charge in [-0.3, -0.25) is 9.59 Å². The van der Waals surface area contributed by atoms with Gasteiger partial charge in [-0.2, -0.15) is 0 Å². The largest absolute Gasteiger partial charge is 0.481 e. The first-order valence-electron chi connectivity index (χ1n) is 7.10. The SMILES string of the molecule is CCCC1(C(=O)O)CCN(C(=O)[C@@H](N)CC(C)C)C1. The summed E-state index contributed by atoms with van der Waals surface area (Å²) in [5.74, 6) is -0.531. The second-order valence-electron chi connectivity index (χ2n) is 6.08. The number of nitrogens with zero attached hydrogens (tertiary/aromatic N) is 1. The van der Waals surface area contributed by atoms with E-state index in [1.807, 2.05) is 20.8 Å². The van der Waals surface area contributed by atoms with Crippen molar-refractivity contribution < 1.29 is 14.7 Å². The first-order valence-corrected chi connectivity index (χ1v) is 7.10. The Bertz CT molecular complexity index is 344. The minimum absolute atomic E-state index is 0.104. The Morgan fingerprint density at radius 1 is 1.42 bits per heavy atom. The lowest BCUT2D eigenvalue weighted by molar-refractivity contribution is -0.149. The van der Waals surface area contributed by atoms with Crippen molar-refractivity contribution in [3.05, 3.63) is 0 Å². The Morgan fingerprint density at radius 2 is 2.05 bits per heavy atom. The highest BCUT2D eigenvalue weighted by Crippen LogP contribution is 2.35. The van der Waals surface area contributed by atoms with Crippen molar-refractivity contribution >= 4 is 11.9 Å². The number of carbonyl (C=O) groups excluding carboxylic acids is 1. The van der Waals surface area contributed by atoms with Gasteiger partial charge in [0.2, 0.25) is 5.91 Å². The fourth-order valence-electron chi connectivity index (χ4n) is 2.87. The normalized spacial score (nSPS) is 24.8. The number of carboxylic acid groups (broad SMARTS) is 1. The van der Waals surface area contributed by atoms with Gasteiger partial charge in [-0.1, -0.05) is 27.2 Å². The molecular weight excluding hydrogens is 244 g/mol. The third-order valence-electron chi connectivity index (χ3n) is 3.89. The fourth-order valence-corrected chi connectivity index (χ4v) is 2.87. The molecule has 1 heterocycles. The Labute approximate surface area is 115 Å². The molecular formula is C14H26N2O3. The predicted molar refractivity (Wildman–Crippen MR) is 73.6 cm³/mol. The molecule has 2 atom stereocenters. The van der Waals surface area contributed by atoms with Crippen LogP contribution in [0.25, 0.3) is 0 Å². The number of rotatable bonds is 6. The average molecular weight is 270 g/mol. The van der Waals surface area contributed by atoms with E-state index in [0.717, 1.165) is 6.42 Å². The lowest BCUT2D eigenvalue weighted by Gasteiger charge is -2.26. The summed E-state index contributed by atoms with van der Waals surface area (Å²) in [4.78, 5) is 25.3. The van der Waals surface area contributed by atoms with Crippen LogP contribution in [0.15, 0.2) is 0 Å². The van der Waals surface area contributed by atoms with Crippen molar-refractivity contribution in [2.45, 2.75) is 52.5 Å². The second kappa shape index (κ2) is 6.37. The van der Waals surface area contributed by atoms with Crippen LogP contribution in [0.1, 0.15) is 46.5 Å². The van der Waals surface area contributed by atoms with Crippen molar-refractivity contribution in [3.8, 4) is 0 Å². The van der Waals surface area contributed by atoms with Crippen LogP contribution in [0.3, 0.4) is 0 Å². The number of hydrogen-bond acceptors (Lipinski definition) is 3. The number of amides is 1. The zero-order valence-corrected chi connectivity index (χ0v) is 12.2. The van der Waals surface area contributed by atoms with Crippen molar-refractivity contribution in [3.63, 3.8) is 0 Å². The van der Waals surface area contributed by atoms with Gasteiger partial charge in [-0.15, -0.1) is 0 Å². The number of aliphatic carboxylic acids is 1. The predicted octanol–water partition coefficient (Wildman–Crippen LogP) is 1.46. The molecule has 1 unspecified atom stereocenters. The van der Waals surface area contributed by atoms with Crippen LogP contribution in [0.5, 0.6) is 0 Å². The molecule has 0 aromatic rings. The number of nitrogens with two attached hydrogens (primary N) is 1. The van der Waals surface area contributed by atoms with E-state index in [9.17, 15) is 14.7 Å². The van der Waals surface area contributed by atoms with E-state index in [0.29, 0.717) is 38.3 Å². The van der Waals surface area contributed by atoms with E-state index >= 15 is 0 Å². The molecule has 0 bridgehead atoms. The van der Waals surface area contributed by atoms with Crippen molar-refractivity contribution in [2.75, 3.05) is 13.1 Å². The Hall–Kier alpha value is -1.10. The zero-order chi connectivity index (χ0) is 14.6. The summed E-state index contributed by atoms with van der Waals surface area (Å²) in [6.07, 6.45) is 2.61. The van der Waals surface area contributed by atoms with Gasteiger partial charge < -0.3 is 15.7 Å². The van der Waals surface area contributed by atoms with E-state index in [1.54, 1.807) is 4.90 Å². The number of hydrogen-bond donors (Lipinski definition) is 2. The maximum Gasteiger partial charge on any atom is 0.311 e. The number of likely N-dealkylation sites (tertiary alicyclic amines) is 1. The summed E-state index contributed by atoms with van der Waals surface area (Å²) in [7, 11) is 0.